The molecule has 0 aliphatic rings. The zero-order chi connectivity index (χ0) is 10.6. The van der Waals surface area contributed by atoms with Gasteiger partial charge in [-0.1, -0.05) is 74.1 Å². The molecule has 0 bridgehead atoms. The molecule has 0 fully saturated rings. The molecular weight excluding hydrogens is 240 g/mol. The highest BCUT2D eigenvalue weighted by molar-refractivity contribution is 9.09. The predicted octanol–water partition coefficient (Wildman–Crippen LogP) is 5.06. The van der Waals surface area contributed by atoms with E-state index in [0.717, 1.165) is 16.6 Å². The number of halogens is 1. The Morgan fingerprint density at radius 2 is 1.15 bits per heavy atom. The molecule has 0 aromatic rings. The van der Waals surface area contributed by atoms with Gasteiger partial charge in [0.15, 0.2) is 0 Å². The molecule has 0 saturated carbocycles. The molecule has 0 atom stereocenters. The predicted molar refractivity (Wildman–Crippen MR) is 69.6 cm³/mol. The molecule has 0 heterocycles. The summed E-state index contributed by atoms with van der Waals surface area (Å²) in [6, 6.07) is 1.43. The van der Waals surface area contributed by atoms with Gasteiger partial charge in [0.2, 0.25) is 0 Å². The molecule has 0 aromatic heterocycles. The third-order valence-electron chi connectivity index (χ3n) is 3.75. The molecule has 0 unspecified atom stereocenters. The van der Waals surface area contributed by atoms with E-state index in [0.29, 0.717) is 0 Å². The van der Waals surface area contributed by atoms with E-state index in [-0.39, 0.29) is 0 Å². The summed E-state index contributed by atoms with van der Waals surface area (Å²) in [6.07, 6.45) is 0. The summed E-state index contributed by atoms with van der Waals surface area (Å²) in [4.78, 5) is 0. The van der Waals surface area contributed by atoms with Gasteiger partial charge in [0, 0.05) is 5.33 Å². The summed E-state index contributed by atoms with van der Waals surface area (Å²) in [6.45, 7) is 14.6. The van der Waals surface area contributed by atoms with Crippen LogP contribution >= 0.6 is 15.9 Å². The molecule has 2 heteroatoms. The van der Waals surface area contributed by atoms with Gasteiger partial charge in [-0.3, -0.25) is 0 Å². The van der Waals surface area contributed by atoms with E-state index in [1.807, 2.05) is 0 Å². The molecule has 0 N–H and O–H groups in total. The fourth-order valence-electron chi connectivity index (χ4n) is 3.03. The number of hydrogen-bond donors (Lipinski definition) is 0. The van der Waals surface area contributed by atoms with Crippen LogP contribution in [0.4, 0.5) is 0 Å². The minimum absolute atomic E-state index is 0.907. The summed E-state index contributed by atoms with van der Waals surface area (Å²) in [5, 5.41) is 1.19. The van der Waals surface area contributed by atoms with Crippen LogP contribution in [0.2, 0.25) is 22.7 Å². The minimum Gasteiger partial charge on any atom is -0.0931 e. The number of alkyl halides is 1. The average molecular weight is 265 g/mol. The highest BCUT2D eigenvalue weighted by Gasteiger charge is 2.41. The molecule has 0 aliphatic carbocycles. The Bertz CT molecular complexity index is 119. The van der Waals surface area contributed by atoms with Crippen LogP contribution in [0.15, 0.2) is 0 Å². The van der Waals surface area contributed by atoms with Crippen LogP contribution in [0.5, 0.6) is 0 Å². The highest BCUT2D eigenvalue weighted by atomic mass is 79.9. The van der Waals surface area contributed by atoms with Crippen molar-refractivity contribution in [1.82, 2.24) is 0 Å². The Hall–Kier alpha value is 0.697. The Morgan fingerprint density at radius 1 is 0.846 bits per heavy atom. The molecular formula is C11H25BrSi. The second-order valence-corrected chi connectivity index (χ2v) is 12.0. The maximum absolute atomic E-state index is 3.62. The highest BCUT2D eigenvalue weighted by Crippen LogP contribution is 2.44. The van der Waals surface area contributed by atoms with Gasteiger partial charge in [0.1, 0.15) is 0 Å². The first kappa shape index (κ1) is 13.7. The van der Waals surface area contributed by atoms with Crippen molar-refractivity contribution in [2.75, 3.05) is 5.33 Å². The standard InChI is InChI=1S/C11H25BrSi/c1-9(2)13(8-7-12,10(3)4)11(5)6/h9-11H,7-8H2,1-6H3. The fourth-order valence-corrected chi connectivity index (χ4v) is 11.1. The maximum atomic E-state index is 3.62. The van der Waals surface area contributed by atoms with Crippen molar-refractivity contribution in [3.05, 3.63) is 0 Å². The maximum Gasteiger partial charge on any atom is 0.0621 e. The molecule has 0 spiro atoms. The van der Waals surface area contributed by atoms with E-state index in [2.05, 4.69) is 57.5 Å². The van der Waals surface area contributed by atoms with E-state index in [4.69, 9.17) is 0 Å². The molecule has 80 valence electrons. The van der Waals surface area contributed by atoms with Gasteiger partial charge < -0.3 is 0 Å². The van der Waals surface area contributed by atoms with E-state index in [9.17, 15) is 0 Å². The third kappa shape index (κ3) is 2.82. The van der Waals surface area contributed by atoms with Gasteiger partial charge >= 0.3 is 0 Å². The molecule has 13 heavy (non-hydrogen) atoms. The molecule has 0 nitrogen and oxygen atoms in total. The Morgan fingerprint density at radius 3 is 1.23 bits per heavy atom. The Kier molecular flexibility index (Phi) is 5.84. The fraction of sp³-hybridized carbons (Fsp3) is 1.00. The van der Waals surface area contributed by atoms with Crippen LogP contribution in [0.1, 0.15) is 41.5 Å². The second kappa shape index (κ2) is 5.55. The van der Waals surface area contributed by atoms with Crippen molar-refractivity contribution in [3.8, 4) is 0 Å². The lowest BCUT2D eigenvalue weighted by Gasteiger charge is -2.43. The van der Waals surface area contributed by atoms with Crippen LogP contribution in [-0.4, -0.2) is 13.4 Å². The summed E-state index contributed by atoms with van der Waals surface area (Å²) in [7, 11) is -1.07. The van der Waals surface area contributed by atoms with Gasteiger partial charge in [-0.2, -0.15) is 0 Å². The van der Waals surface area contributed by atoms with Gasteiger partial charge in [0.25, 0.3) is 0 Å². The topological polar surface area (TPSA) is 0 Å². The first-order chi connectivity index (χ1) is 5.89. The van der Waals surface area contributed by atoms with E-state index in [1.54, 1.807) is 0 Å². The minimum atomic E-state index is -1.07. The molecule has 0 saturated heterocycles. The van der Waals surface area contributed by atoms with Gasteiger partial charge in [-0.25, -0.2) is 0 Å². The Labute approximate surface area is 93.6 Å². The number of rotatable bonds is 5. The summed E-state index contributed by atoms with van der Waals surface area (Å²) < 4.78 is 0. The van der Waals surface area contributed by atoms with E-state index < -0.39 is 8.07 Å². The molecule has 0 aliphatic heterocycles. The SMILES string of the molecule is CC(C)[Si](CCBr)(C(C)C)C(C)C. The second-order valence-electron chi connectivity index (χ2n) is 5.02. The first-order valence-corrected chi connectivity index (χ1v) is 9.01. The largest absolute Gasteiger partial charge is 0.0931 e. The van der Waals surface area contributed by atoms with Crippen molar-refractivity contribution in [3.63, 3.8) is 0 Å². The molecule has 0 radical (unpaired) electrons. The van der Waals surface area contributed by atoms with Crippen LogP contribution in [-0.2, 0) is 0 Å². The molecule has 0 amide bonds. The summed E-state index contributed by atoms with van der Waals surface area (Å²) >= 11 is 3.62. The lowest BCUT2D eigenvalue weighted by Crippen LogP contribution is -2.44. The van der Waals surface area contributed by atoms with E-state index in [1.165, 1.54) is 11.4 Å². The van der Waals surface area contributed by atoms with Gasteiger partial charge in [-0.05, 0) is 6.04 Å². The van der Waals surface area contributed by atoms with Crippen LogP contribution in [0, 0.1) is 0 Å². The van der Waals surface area contributed by atoms with Crippen molar-refractivity contribution in [1.29, 1.82) is 0 Å². The van der Waals surface area contributed by atoms with Crippen molar-refractivity contribution in [2.45, 2.75) is 64.2 Å². The van der Waals surface area contributed by atoms with Gasteiger partial charge in [-0.15, -0.1) is 0 Å². The zero-order valence-electron chi connectivity index (χ0n) is 10.0. The smallest absolute Gasteiger partial charge is 0.0621 e. The normalized spacial score (nSPS) is 13.4. The van der Waals surface area contributed by atoms with Crippen LogP contribution < -0.4 is 0 Å². The first-order valence-electron chi connectivity index (χ1n) is 5.45. The van der Waals surface area contributed by atoms with Crippen LogP contribution in [0.3, 0.4) is 0 Å². The number of hydrogen-bond acceptors (Lipinski definition) is 0. The monoisotopic (exact) mass is 264 g/mol. The molecule has 0 rings (SSSR count). The molecule has 0 aromatic carbocycles. The quantitative estimate of drug-likeness (QED) is 0.481. The van der Waals surface area contributed by atoms with Crippen molar-refractivity contribution >= 4 is 24.0 Å². The Balaban J connectivity index is 4.82. The van der Waals surface area contributed by atoms with Gasteiger partial charge in [0.05, 0.1) is 8.07 Å². The third-order valence-corrected chi connectivity index (χ3v) is 12.4. The van der Waals surface area contributed by atoms with Crippen molar-refractivity contribution < 1.29 is 0 Å². The zero-order valence-corrected chi connectivity index (χ0v) is 12.6. The van der Waals surface area contributed by atoms with Crippen LogP contribution in [0.25, 0.3) is 0 Å². The summed E-state index contributed by atoms with van der Waals surface area (Å²) in [5.41, 5.74) is 2.72. The van der Waals surface area contributed by atoms with Crippen molar-refractivity contribution in [2.24, 2.45) is 0 Å². The average Bonchev–Trinajstić information content (AvgIpc) is 1.97. The lowest BCUT2D eigenvalue weighted by atomic mass is 10.5. The summed E-state index contributed by atoms with van der Waals surface area (Å²) in [5.74, 6) is 0. The van der Waals surface area contributed by atoms with E-state index >= 15 is 0 Å². The lowest BCUT2D eigenvalue weighted by molar-refractivity contribution is 0.804.